The summed E-state index contributed by atoms with van der Waals surface area (Å²) < 4.78 is 37.8. The number of rotatable bonds is 7. The molecule has 0 N–H and O–H groups in total. The maximum Gasteiger partial charge on any atom is 0.338 e. The van der Waals surface area contributed by atoms with Gasteiger partial charge in [-0.15, -0.1) is 0 Å². The Bertz CT molecular complexity index is 1350. The fraction of sp³-hybridized carbons (Fsp3) is 0.231. The molecule has 0 saturated carbocycles. The number of para-hydroxylation sites is 3. The number of benzene rings is 3. The summed E-state index contributed by atoms with van der Waals surface area (Å²) >= 11 is 0. The monoisotopic (exact) mass is 494 g/mol. The molecule has 0 unspecified atom stereocenters. The summed E-state index contributed by atoms with van der Waals surface area (Å²) in [4.78, 5) is 26.9. The molecule has 182 valence electrons. The summed E-state index contributed by atoms with van der Waals surface area (Å²) in [6.07, 6.45) is 0.745. The minimum absolute atomic E-state index is 0.000955. The van der Waals surface area contributed by atoms with E-state index in [1.165, 1.54) is 38.4 Å². The van der Waals surface area contributed by atoms with Crippen LogP contribution in [0.1, 0.15) is 22.8 Å². The molecule has 0 aromatic heterocycles. The predicted octanol–water partition coefficient (Wildman–Crippen LogP) is 3.65. The van der Waals surface area contributed by atoms with E-state index in [1.807, 2.05) is 31.2 Å². The summed E-state index contributed by atoms with van der Waals surface area (Å²) in [5, 5.41) is 0. The fourth-order valence-corrected chi connectivity index (χ4v) is 5.37. The highest BCUT2D eigenvalue weighted by Crippen LogP contribution is 2.32. The molecule has 3 aromatic rings. The molecule has 4 rings (SSSR count). The number of methoxy groups -OCH3 is 1. The molecule has 1 atom stereocenters. The first-order chi connectivity index (χ1) is 16.7. The Labute approximate surface area is 204 Å². The molecular weight excluding hydrogens is 468 g/mol. The lowest BCUT2D eigenvalue weighted by Gasteiger charge is -2.22. The van der Waals surface area contributed by atoms with Gasteiger partial charge in [0.15, 0.2) is 6.61 Å². The molecule has 35 heavy (non-hydrogen) atoms. The zero-order chi connectivity index (χ0) is 25.2. The van der Waals surface area contributed by atoms with E-state index in [2.05, 4.69) is 0 Å². The van der Waals surface area contributed by atoms with Crippen LogP contribution in [0.15, 0.2) is 77.7 Å². The van der Waals surface area contributed by atoms with Gasteiger partial charge in [-0.25, -0.2) is 13.2 Å². The number of ether oxygens (including phenoxy) is 2. The second kappa shape index (κ2) is 9.79. The van der Waals surface area contributed by atoms with Crippen LogP contribution in [0.2, 0.25) is 0 Å². The number of hydrogen-bond donors (Lipinski definition) is 0. The molecule has 8 nitrogen and oxygen atoms in total. The first-order valence-electron chi connectivity index (χ1n) is 11.0. The van der Waals surface area contributed by atoms with E-state index in [4.69, 9.17) is 9.47 Å². The zero-order valence-electron chi connectivity index (χ0n) is 19.7. The Kier molecular flexibility index (Phi) is 6.79. The Hall–Kier alpha value is -3.85. The number of esters is 1. The quantitative estimate of drug-likeness (QED) is 0.466. The number of sulfonamides is 1. The topological polar surface area (TPSA) is 93.2 Å². The van der Waals surface area contributed by atoms with Crippen molar-refractivity contribution in [2.75, 3.05) is 30.0 Å². The lowest BCUT2D eigenvalue weighted by molar-refractivity contribution is -0.122. The maximum absolute atomic E-state index is 13.1. The molecule has 1 amide bonds. The first-order valence-corrected chi connectivity index (χ1v) is 12.5. The highest BCUT2D eigenvalue weighted by molar-refractivity contribution is 7.92. The van der Waals surface area contributed by atoms with Gasteiger partial charge in [0.2, 0.25) is 0 Å². The van der Waals surface area contributed by atoms with Gasteiger partial charge in [0.25, 0.3) is 15.9 Å². The van der Waals surface area contributed by atoms with Crippen molar-refractivity contribution < 1.29 is 27.5 Å². The van der Waals surface area contributed by atoms with E-state index in [0.29, 0.717) is 11.4 Å². The number of carbonyl (C=O) groups is 2. The van der Waals surface area contributed by atoms with Crippen LogP contribution in [0.5, 0.6) is 5.75 Å². The van der Waals surface area contributed by atoms with Crippen molar-refractivity contribution in [3.05, 3.63) is 83.9 Å². The minimum atomic E-state index is -3.90. The average molecular weight is 495 g/mol. The van der Waals surface area contributed by atoms with Gasteiger partial charge in [0.1, 0.15) is 5.75 Å². The minimum Gasteiger partial charge on any atom is -0.495 e. The largest absolute Gasteiger partial charge is 0.495 e. The van der Waals surface area contributed by atoms with Gasteiger partial charge in [0.05, 0.1) is 23.3 Å². The molecule has 1 heterocycles. The van der Waals surface area contributed by atoms with Crippen molar-refractivity contribution in [2.24, 2.45) is 0 Å². The van der Waals surface area contributed by atoms with E-state index < -0.39 is 22.6 Å². The Morgan fingerprint density at radius 1 is 1.00 bits per heavy atom. The van der Waals surface area contributed by atoms with Gasteiger partial charge in [-0.3, -0.25) is 9.10 Å². The highest BCUT2D eigenvalue weighted by Gasteiger charge is 2.31. The van der Waals surface area contributed by atoms with Gasteiger partial charge in [-0.1, -0.05) is 30.3 Å². The van der Waals surface area contributed by atoms with E-state index in [9.17, 15) is 18.0 Å². The summed E-state index contributed by atoms with van der Waals surface area (Å²) in [7, 11) is -1.00. The van der Waals surface area contributed by atoms with Crippen LogP contribution < -0.4 is 13.9 Å². The van der Waals surface area contributed by atoms with Crippen molar-refractivity contribution >= 4 is 33.3 Å². The van der Waals surface area contributed by atoms with Crippen LogP contribution in [0, 0.1) is 0 Å². The Balaban J connectivity index is 1.43. The van der Waals surface area contributed by atoms with Gasteiger partial charge < -0.3 is 14.4 Å². The molecule has 0 radical (unpaired) electrons. The number of nitrogens with zero attached hydrogens (tertiary/aromatic N) is 2. The number of fused-ring (bicyclic) bond motifs is 1. The molecule has 0 bridgehead atoms. The summed E-state index contributed by atoms with van der Waals surface area (Å²) in [6, 6.07) is 19.8. The third-order valence-electron chi connectivity index (χ3n) is 5.98. The van der Waals surface area contributed by atoms with Crippen LogP contribution in [-0.2, 0) is 26.0 Å². The van der Waals surface area contributed by atoms with Crippen molar-refractivity contribution in [1.29, 1.82) is 0 Å². The van der Waals surface area contributed by atoms with Crippen molar-refractivity contribution in [3.63, 3.8) is 0 Å². The standard InChI is InChI=1S/C26H26N2O6S/c1-18-16-20-8-4-5-9-22(20)28(18)25(29)17-34-26(30)19-12-14-21(15-13-19)35(31,32)27(2)23-10-6-7-11-24(23)33-3/h4-15,18H,16-17H2,1-3H3/t18-/m1/s1. The lowest BCUT2D eigenvalue weighted by Crippen LogP contribution is -2.38. The molecule has 0 fully saturated rings. The number of hydrogen-bond acceptors (Lipinski definition) is 6. The van der Waals surface area contributed by atoms with E-state index >= 15 is 0 Å². The Morgan fingerprint density at radius 3 is 2.37 bits per heavy atom. The van der Waals surface area contributed by atoms with Crippen LogP contribution in [0.25, 0.3) is 0 Å². The fourth-order valence-electron chi connectivity index (χ4n) is 4.17. The second-order valence-electron chi connectivity index (χ2n) is 8.19. The predicted molar refractivity (Wildman–Crippen MR) is 132 cm³/mol. The van der Waals surface area contributed by atoms with Gasteiger partial charge in [-0.05, 0) is 61.4 Å². The van der Waals surface area contributed by atoms with Gasteiger partial charge >= 0.3 is 5.97 Å². The molecule has 3 aromatic carbocycles. The van der Waals surface area contributed by atoms with E-state index in [-0.39, 0.29) is 22.4 Å². The average Bonchev–Trinajstić information content (AvgIpc) is 3.22. The van der Waals surface area contributed by atoms with Crippen molar-refractivity contribution in [3.8, 4) is 5.75 Å². The molecule has 1 aliphatic rings. The van der Waals surface area contributed by atoms with Crippen molar-refractivity contribution in [2.45, 2.75) is 24.3 Å². The van der Waals surface area contributed by atoms with E-state index in [1.54, 1.807) is 29.2 Å². The highest BCUT2D eigenvalue weighted by atomic mass is 32.2. The second-order valence-corrected chi connectivity index (χ2v) is 10.2. The number of carbonyl (C=O) groups excluding carboxylic acids is 2. The lowest BCUT2D eigenvalue weighted by atomic mass is 10.1. The van der Waals surface area contributed by atoms with E-state index in [0.717, 1.165) is 22.0 Å². The number of amides is 1. The first kappa shape index (κ1) is 24.3. The summed E-state index contributed by atoms with van der Waals surface area (Å²) in [6.45, 7) is 1.54. The zero-order valence-corrected chi connectivity index (χ0v) is 20.5. The van der Waals surface area contributed by atoms with Gasteiger partial charge in [-0.2, -0.15) is 0 Å². The van der Waals surface area contributed by atoms with Crippen LogP contribution in [-0.4, -0.2) is 47.1 Å². The molecule has 1 aliphatic heterocycles. The molecule has 0 aliphatic carbocycles. The van der Waals surface area contributed by atoms with Gasteiger partial charge in [0, 0.05) is 18.8 Å². The SMILES string of the molecule is COc1ccccc1N(C)S(=O)(=O)c1ccc(C(=O)OCC(=O)N2c3ccccc3C[C@H]2C)cc1. The maximum atomic E-state index is 13.1. The normalized spacial score (nSPS) is 14.8. The molecule has 0 spiro atoms. The summed E-state index contributed by atoms with van der Waals surface area (Å²) in [5.74, 6) is -0.604. The molecule has 0 saturated heterocycles. The van der Waals surface area contributed by atoms with Crippen molar-refractivity contribution in [1.82, 2.24) is 0 Å². The van der Waals surface area contributed by atoms with Crippen LogP contribution in [0.3, 0.4) is 0 Å². The third-order valence-corrected chi connectivity index (χ3v) is 7.76. The smallest absolute Gasteiger partial charge is 0.338 e. The summed E-state index contributed by atoms with van der Waals surface area (Å²) in [5.41, 5.74) is 2.44. The third kappa shape index (κ3) is 4.72. The molecular formula is C26H26N2O6S. The van der Waals surface area contributed by atoms with Crippen LogP contribution in [0.4, 0.5) is 11.4 Å². The molecule has 9 heteroatoms. The number of anilines is 2. The van der Waals surface area contributed by atoms with Crippen LogP contribution >= 0.6 is 0 Å². The Morgan fingerprint density at radius 2 is 1.66 bits per heavy atom.